The van der Waals surface area contributed by atoms with E-state index in [4.69, 9.17) is 5.14 Å². The topological polar surface area (TPSA) is 128 Å². The minimum absolute atomic E-state index is 0.0192. The Morgan fingerprint density at radius 1 is 1.15 bits per heavy atom. The first-order valence-electron chi connectivity index (χ1n) is 8.30. The van der Waals surface area contributed by atoms with E-state index in [1.54, 1.807) is 0 Å². The van der Waals surface area contributed by atoms with Gasteiger partial charge in [-0.15, -0.1) is 0 Å². The molecule has 4 N–H and O–H groups in total. The minimum Gasteiger partial charge on any atom is -0.466 e. The molecular weight excluding hydrogens is 358 g/mol. The number of nitrogens with one attached hydrogen (secondary N) is 2. The lowest BCUT2D eigenvalue weighted by molar-refractivity contribution is -0.135. The van der Waals surface area contributed by atoms with Crippen molar-refractivity contribution in [3.05, 3.63) is 36.0 Å². The van der Waals surface area contributed by atoms with E-state index in [1.165, 1.54) is 31.4 Å². The maximum atomic E-state index is 12.5. The number of hydrogen-bond donors (Lipinski definition) is 3. The molecule has 0 aromatic heterocycles. The van der Waals surface area contributed by atoms with E-state index in [1.807, 2.05) is 0 Å². The summed E-state index contributed by atoms with van der Waals surface area (Å²) in [7, 11) is -2.58. The Kier molecular flexibility index (Phi) is 6.76. The first-order chi connectivity index (χ1) is 12.3. The SMILES string of the molecule is COC(=O)/C=C(\Nc1ccc(S(N)(=O)=O)cc1)C(=O)NC1CCCCC1. The van der Waals surface area contributed by atoms with Gasteiger partial charge < -0.3 is 15.4 Å². The van der Waals surface area contributed by atoms with Crippen molar-refractivity contribution in [2.75, 3.05) is 12.4 Å². The van der Waals surface area contributed by atoms with Gasteiger partial charge in [0.1, 0.15) is 5.70 Å². The molecule has 1 aromatic carbocycles. The summed E-state index contributed by atoms with van der Waals surface area (Å²) < 4.78 is 27.2. The maximum Gasteiger partial charge on any atom is 0.332 e. The number of primary sulfonamides is 1. The van der Waals surface area contributed by atoms with Crippen LogP contribution in [0, 0.1) is 0 Å². The zero-order valence-electron chi connectivity index (χ0n) is 14.5. The van der Waals surface area contributed by atoms with Gasteiger partial charge in [0.2, 0.25) is 10.0 Å². The predicted molar refractivity (Wildman–Crippen MR) is 96.6 cm³/mol. The van der Waals surface area contributed by atoms with E-state index in [0.29, 0.717) is 5.69 Å². The van der Waals surface area contributed by atoms with Gasteiger partial charge in [-0.05, 0) is 37.1 Å². The largest absolute Gasteiger partial charge is 0.466 e. The Hall–Kier alpha value is -2.39. The van der Waals surface area contributed by atoms with Gasteiger partial charge in [-0.3, -0.25) is 4.79 Å². The Morgan fingerprint density at radius 2 is 1.77 bits per heavy atom. The van der Waals surface area contributed by atoms with Crippen molar-refractivity contribution >= 4 is 27.6 Å². The molecule has 0 heterocycles. The number of anilines is 1. The smallest absolute Gasteiger partial charge is 0.332 e. The number of rotatable bonds is 6. The van der Waals surface area contributed by atoms with Crippen molar-refractivity contribution in [2.24, 2.45) is 5.14 Å². The van der Waals surface area contributed by atoms with Gasteiger partial charge in [-0.25, -0.2) is 18.4 Å². The summed E-state index contributed by atoms with van der Waals surface area (Å²) in [4.78, 5) is 24.1. The lowest BCUT2D eigenvalue weighted by atomic mass is 9.95. The first-order valence-corrected chi connectivity index (χ1v) is 9.84. The third-order valence-electron chi connectivity index (χ3n) is 4.11. The molecule has 0 bridgehead atoms. The van der Waals surface area contributed by atoms with Gasteiger partial charge in [0.25, 0.3) is 5.91 Å². The summed E-state index contributed by atoms with van der Waals surface area (Å²) >= 11 is 0. The second kappa shape index (κ2) is 8.81. The fourth-order valence-corrected chi connectivity index (χ4v) is 3.24. The Bertz CT molecular complexity index is 781. The van der Waals surface area contributed by atoms with E-state index in [2.05, 4.69) is 15.4 Å². The van der Waals surface area contributed by atoms with Crippen LogP contribution in [-0.4, -0.2) is 33.4 Å². The summed E-state index contributed by atoms with van der Waals surface area (Å²) in [5.41, 5.74) is 0.456. The van der Waals surface area contributed by atoms with Crippen molar-refractivity contribution in [2.45, 2.75) is 43.0 Å². The number of hydrogen-bond acceptors (Lipinski definition) is 6. The average Bonchev–Trinajstić information content (AvgIpc) is 2.61. The van der Waals surface area contributed by atoms with Gasteiger partial charge in [-0.1, -0.05) is 19.3 Å². The summed E-state index contributed by atoms with van der Waals surface area (Å²) in [6.45, 7) is 0. The lowest BCUT2D eigenvalue weighted by Crippen LogP contribution is -2.38. The normalized spacial score (nSPS) is 16.0. The summed E-state index contributed by atoms with van der Waals surface area (Å²) in [6, 6.07) is 5.61. The second-order valence-electron chi connectivity index (χ2n) is 6.08. The molecule has 0 atom stereocenters. The maximum absolute atomic E-state index is 12.5. The van der Waals surface area contributed by atoms with E-state index in [-0.39, 0.29) is 16.6 Å². The molecule has 1 aliphatic rings. The number of esters is 1. The molecule has 8 nitrogen and oxygen atoms in total. The van der Waals surface area contributed by atoms with Crippen LogP contribution in [0.15, 0.2) is 40.9 Å². The van der Waals surface area contributed by atoms with E-state index in [9.17, 15) is 18.0 Å². The molecule has 0 aliphatic heterocycles. The van der Waals surface area contributed by atoms with Gasteiger partial charge in [0, 0.05) is 11.7 Å². The highest BCUT2D eigenvalue weighted by atomic mass is 32.2. The predicted octanol–water partition coefficient (Wildman–Crippen LogP) is 1.25. The molecule has 0 radical (unpaired) electrons. The zero-order chi connectivity index (χ0) is 19.2. The summed E-state index contributed by atoms with van der Waals surface area (Å²) in [6.07, 6.45) is 6.14. The molecule has 2 rings (SSSR count). The number of benzene rings is 1. The van der Waals surface area contributed by atoms with Crippen LogP contribution in [-0.2, 0) is 24.3 Å². The number of nitrogens with two attached hydrogens (primary N) is 1. The Balaban J connectivity index is 2.15. The van der Waals surface area contributed by atoms with Crippen LogP contribution in [0.4, 0.5) is 5.69 Å². The molecule has 26 heavy (non-hydrogen) atoms. The average molecular weight is 381 g/mol. The van der Waals surface area contributed by atoms with Crippen molar-refractivity contribution in [1.29, 1.82) is 0 Å². The van der Waals surface area contributed by atoms with Crippen LogP contribution in [0.1, 0.15) is 32.1 Å². The minimum atomic E-state index is -3.80. The molecule has 1 fully saturated rings. The van der Waals surface area contributed by atoms with E-state index >= 15 is 0 Å². The molecule has 9 heteroatoms. The number of methoxy groups -OCH3 is 1. The van der Waals surface area contributed by atoms with Crippen molar-refractivity contribution < 1.29 is 22.7 Å². The number of sulfonamides is 1. The second-order valence-corrected chi connectivity index (χ2v) is 7.65. The third kappa shape index (κ3) is 5.85. The third-order valence-corrected chi connectivity index (χ3v) is 5.04. The van der Waals surface area contributed by atoms with Crippen LogP contribution in [0.25, 0.3) is 0 Å². The van der Waals surface area contributed by atoms with Crippen molar-refractivity contribution in [3.8, 4) is 0 Å². The fraction of sp³-hybridized carbons (Fsp3) is 0.412. The highest BCUT2D eigenvalue weighted by molar-refractivity contribution is 7.89. The van der Waals surface area contributed by atoms with Gasteiger partial charge >= 0.3 is 5.97 Å². The highest BCUT2D eigenvalue weighted by Crippen LogP contribution is 2.19. The number of amides is 1. The van der Waals surface area contributed by atoms with Gasteiger partial charge in [-0.2, -0.15) is 0 Å². The number of carbonyl (C=O) groups is 2. The molecule has 1 saturated carbocycles. The number of ether oxygens (including phenoxy) is 1. The molecule has 142 valence electrons. The van der Waals surface area contributed by atoms with E-state index in [0.717, 1.165) is 38.2 Å². The monoisotopic (exact) mass is 381 g/mol. The first kappa shape index (κ1) is 19.9. The molecule has 1 aromatic rings. The van der Waals surface area contributed by atoms with Crippen LogP contribution < -0.4 is 15.8 Å². The zero-order valence-corrected chi connectivity index (χ0v) is 15.3. The summed E-state index contributed by atoms with van der Waals surface area (Å²) in [5.74, 6) is -1.09. The van der Waals surface area contributed by atoms with Crippen LogP contribution >= 0.6 is 0 Å². The van der Waals surface area contributed by atoms with Crippen LogP contribution in [0.2, 0.25) is 0 Å². The molecule has 0 saturated heterocycles. The van der Waals surface area contributed by atoms with Crippen molar-refractivity contribution in [1.82, 2.24) is 5.32 Å². The molecule has 0 unspecified atom stereocenters. The van der Waals surface area contributed by atoms with E-state index < -0.39 is 21.9 Å². The number of carbonyl (C=O) groups excluding carboxylic acids is 2. The van der Waals surface area contributed by atoms with Gasteiger partial charge in [0.15, 0.2) is 0 Å². The van der Waals surface area contributed by atoms with Crippen molar-refractivity contribution in [3.63, 3.8) is 0 Å². The van der Waals surface area contributed by atoms with Crippen LogP contribution in [0.3, 0.4) is 0 Å². The molecule has 1 aliphatic carbocycles. The quantitative estimate of drug-likeness (QED) is 0.503. The summed E-state index contributed by atoms with van der Waals surface area (Å²) in [5, 5.41) is 10.8. The molecule has 0 spiro atoms. The lowest BCUT2D eigenvalue weighted by Gasteiger charge is -2.23. The fourth-order valence-electron chi connectivity index (χ4n) is 2.73. The standard InChI is InChI=1S/C17H23N3O5S/c1-25-16(21)11-15(17(22)20-12-5-3-2-4-6-12)19-13-7-9-14(10-8-13)26(18,23)24/h7-12,19H,2-6H2,1H3,(H,20,22)(H2,18,23,24)/b15-11-. The van der Waals surface area contributed by atoms with Crippen LogP contribution in [0.5, 0.6) is 0 Å². The Labute approximate surface area is 152 Å². The molecule has 1 amide bonds. The Morgan fingerprint density at radius 3 is 2.31 bits per heavy atom. The highest BCUT2D eigenvalue weighted by Gasteiger charge is 2.19. The van der Waals surface area contributed by atoms with Gasteiger partial charge in [0.05, 0.1) is 18.1 Å². The molecular formula is C17H23N3O5S.